The molecule has 0 N–H and O–H groups in total. The number of alkyl halides is 3. The normalized spacial score (nSPS) is 17.4. The Balaban J connectivity index is 1.06. The van der Waals surface area contributed by atoms with E-state index in [0.29, 0.717) is 38.4 Å². The molecule has 1 amide bonds. The first-order valence-corrected chi connectivity index (χ1v) is 13.9. The largest absolute Gasteiger partial charge is 0.416 e. The summed E-state index contributed by atoms with van der Waals surface area (Å²) >= 11 is 0. The molecule has 0 spiro atoms. The monoisotopic (exact) mass is 565 g/mol. The summed E-state index contributed by atoms with van der Waals surface area (Å²) in [5, 5.41) is 0. The minimum Gasteiger partial charge on any atom is -0.368 e. The summed E-state index contributed by atoms with van der Waals surface area (Å²) in [7, 11) is 0. The zero-order valence-corrected chi connectivity index (χ0v) is 22.5. The Labute approximate surface area is 235 Å². The molecule has 2 aliphatic heterocycles. The number of rotatable bonds is 5. The van der Waals surface area contributed by atoms with Crippen molar-refractivity contribution in [3.05, 3.63) is 90.0 Å². The van der Waals surface area contributed by atoms with Gasteiger partial charge in [-0.05, 0) is 80.5 Å². The average Bonchev–Trinajstić information content (AvgIpc) is 3.35. The maximum Gasteiger partial charge on any atom is 0.416 e. The van der Waals surface area contributed by atoms with Crippen molar-refractivity contribution in [2.45, 2.75) is 25.6 Å². The van der Waals surface area contributed by atoms with E-state index in [2.05, 4.69) is 9.47 Å². The maximum absolute atomic E-state index is 13.6. The number of piperazine rings is 1. The van der Waals surface area contributed by atoms with Crippen molar-refractivity contribution in [2.75, 3.05) is 44.2 Å². The van der Waals surface area contributed by atoms with Crippen LogP contribution in [0.4, 0.5) is 23.2 Å². The van der Waals surface area contributed by atoms with Crippen LogP contribution in [0.15, 0.2) is 72.8 Å². The Morgan fingerprint density at radius 1 is 0.829 bits per heavy atom. The van der Waals surface area contributed by atoms with Crippen molar-refractivity contribution in [1.29, 1.82) is 0 Å². The highest BCUT2D eigenvalue weighted by Crippen LogP contribution is 2.32. The number of aromatic nitrogens is 2. The third-order valence-corrected chi connectivity index (χ3v) is 8.15. The number of carbonyl (C=O) groups is 1. The number of benzene rings is 3. The summed E-state index contributed by atoms with van der Waals surface area (Å²) in [4.78, 5) is 24.3. The number of imidazole rings is 1. The van der Waals surface area contributed by atoms with Crippen LogP contribution < -0.4 is 4.90 Å². The molecule has 0 saturated carbocycles. The van der Waals surface area contributed by atoms with Crippen molar-refractivity contribution < 1.29 is 22.4 Å². The topological polar surface area (TPSA) is 44.6 Å². The van der Waals surface area contributed by atoms with Gasteiger partial charge in [0.25, 0.3) is 0 Å². The van der Waals surface area contributed by atoms with Crippen LogP contribution in [0.2, 0.25) is 0 Å². The Kier molecular flexibility index (Phi) is 7.42. The minimum atomic E-state index is -4.38. The fourth-order valence-electron chi connectivity index (χ4n) is 5.92. The Morgan fingerprint density at radius 2 is 1.54 bits per heavy atom. The summed E-state index contributed by atoms with van der Waals surface area (Å²) in [5.74, 6) is 0.644. The highest BCUT2D eigenvalue weighted by atomic mass is 19.4. The number of nitrogens with zero attached hydrogens (tertiary/aromatic N) is 5. The molecule has 6 rings (SSSR count). The van der Waals surface area contributed by atoms with Crippen LogP contribution in [0.1, 0.15) is 24.2 Å². The molecule has 0 unspecified atom stereocenters. The highest BCUT2D eigenvalue weighted by molar-refractivity contribution is 5.79. The smallest absolute Gasteiger partial charge is 0.368 e. The van der Waals surface area contributed by atoms with Crippen molar-refractivity contribution in [1.82, 2.24) is 19.4 Å². The van der Waals surface area contributed by atoms with Gasteiger partial charge in [0.1, 0.15) is 11.6 Å². The molecule has 6 nitrogen and oxygen atoms in total. The van der Waals surface area contributed by atoms with Gasteiger partial charge in [0.15, 0.2) is 0 Å². The van der Waals surface area contributed by atoms with E-state index in [4.69, 9.17) is 4.98 Å². The molecule has 2 saturated heterocycles. The number of halogens is 4. The van der Waals surface area contributed by atoms with Crippen LogP contribution in [0.3, 0.4) is 0 Å². The van der Waals surface area contributed by atoms with Gasteiger partial charge in [0, 0.05) is 43.5 Å². The number of hydrogen-bond donors (Lipinski definition) is 0. The minimum absolute atomic E-state index is 0.0673. The Hall–Kier alpha value is -3.92. The summed E-state index contributed by atoms with van der Waals surface area (Å²) in [6.45, 7) is 4.13. The quantitative estimate of drug-likeness (QED) is 0.290. The molecule has 2 fully saturated rings. The van der Waals surface area contributed by atoms with Crippen molar-refractivity contribution in [3.63, 3.8) is 0 Å². The van der Waals surface area contributed by atoms with E-state index in [1.165, 1.54) is 24.3 Å². The number of hydrogen-bond acceptors (Lipinski definition) is 4. The van der Waals surface area contributed by atoms with Gasteiger partial charge in [-0.25, -0.2) is 9.37 Å². The molecule has 10 heteroatoms. The molecule has 3 aromatic carbocycles. The van der Waals surface area contributed by atoms with Crippen molar-refractivity contribution in [2.24, 2.45) is 5.92 Å². The lowest BCUT2D eigenvalue weighted by molar-refractivity contribution is -0.138. The molecular formula is C31H31F4N5O. The predicted molar refractivity (Wildman–Crippen MR) is 149 cm³/mol. The number of likely N-dealkylation sites (tertiary alicyclic amines) is 1. The molecule has 2 aliphatic rings. The van der Waals surface area contributed by atoms with Gasteiger partial charge in [-0.15, -0.1) is 0 Å². The Bertz CT molecular complexity index is 1520. The van der Waals surface area contributed by atoms with E-state index in [9.17, 15) is 22.4 Å². The molecule has 0 radical (unpaired) electrons. The van der Waals surface area contributed by atoms with E-state index in [-0.39, 0.29) is 17.6 Å². The standard InChI is InChI=1S/C31H31F4N5O/c32-24-8-10-25(11-9-24)40-28-7-2-1-6-27(28)36-29(40)21-37-14-12-22(13-15-37)30(41)39-18-16-38(17-19-39)26-5-3-4-23(20-26)31(33,34)35/h1-11,20,22H,12-19,21H2. The molecule has 1 aromatic heterocycles. The van der Waals surface area contributed by atoms with Gasteiger partial charge in [0.2, 0.25) is 5.91 Å². The zero-order valence-electron chi connectivity index (χ0n) is 22.5. The molecule has 0 aliphatic carbocycles. The van der Waals surface area contributed by atoms with Crippen LogP contribution >= 0.6 is 0 Å². The van der Waals surface area contributed by atoms with Crippen LogP contribution in [0, 0.1) is 11.7 Å². The van der Waals surface area contributed by atoms with Gasteiger partial charge >= 0.3 is 6.18 Å². The van der Waals surface area contributed by atoms with Gasteiger partial charge in [-0.1, -0.05) is 18.2 Å². The number of carbonyl (C=O) groups excluding carboxylic acids is 1. The molecule has 3 heterocycles. The molecule has 41 heavy (non-hydrogen) atoms. The molecule has 214 valence electrons. The Morgan fingerprint density at radius 3 is 2.24 bits per heavy atom. The van der Waals surface area contributed by atoms with E-state index < -0.39 is 11.7 Å². The lowest BCUT2D eigenvalue weighted by atomic mass is 9.95. The lowest BCUT2D eigenvalue weighted by Crippen LogP contribution is -2.51. The third-order valence-electron chi connectivity index (χ3n) is 8.15. The lowest BCUT2D eigenvalue weighted by Gasteiger charge is -2.39. The first-order chi connectivity index (χ1) is 19.8. The van der Waals surface area contributed by atoms with Gasteiger partial charge < -0.3 is 9.80 Å². The summed E-state index contributed by atoms with van der Waals surface area (Å²) in [5.41, 5.74) is 2.56. The fourth-order valence-corrected chi connectivity index (χ4v) is 5.92. The number of piperidine rings is 1. The van der Waals surface area contributed by atoms with Crippen molar-refractivity contribution in [3.8, 4) is 5.69 Å². The fraction of sp³-hybridized carbons (Fsp3) is 0.355. The average molecular weight is 566 g/mol. The summed E-state index contributed by atoms with van der Waals surface area (Å²) in [6.07, 6.45) is -2.90. The molecule has 0 atom stereocenters. The molecule has 4 aromatic rings. The van der Waals surface area contributed by atoms with Gasteiger partial charge in [-0.2, -0.15) is 13.2 Å². The second-order valence-corrected chi connectivity index (χ2v) is 10.7. The molecular weight excluding hydrogens is 534 g/mol. The maximum atomic E-state index is 13.6. The summed E-state index contributed by atoms with van der Waals surface area (Å²) < 4.78 is 55.0. The number of amides is 1. The van der Waals surface area contributed by atoms with E-state index >= 15 is 0 Å². The van der Waals surface area contributed by atoms with E-state index in [1.807, 2.05) is 34.1 Å². The van der Waals surface area contributed by atoms with Gasteiger partial charge in [0.05, 0.1) is 23.1 Å². The predicted octanol–water partition coefficient (Wildman–Crippen LogP) is 5.74. The van der Waals surface area contributed by atoms with Crippen LogP contribution in [0.5, 0.6) is 0 Å². The van der Waals surface area contributed by atoms with Gasteiger partial charge in [-0.3, -0.25) is 14.3 Å². The highest BCUT2D eigenvalue weighted by Gasteiger charge is 2.33. The second kappa shape index (κ2) is 11.2. The van der Waals surface area contributed by atoms with Crippen LogP contribution in [0.25, 0.3) is 16.7 Å². The SMILES string of the molecule is O=C(C1CCN(Cc2nc3ccccc3n2-c2ccc(F)cc2)CC1)N1CCN(c2cccc(C(F)(F)F)c2)CC1. The number of para-hydroxylation sites is 2. The first-order valence-electron chi connectivity index (χ1n) is 13.9. The molecule has 0 bridgehead atoms. The van der Waals surface area contributed by atoms with E-state index in [1.54, 1.807) is 18.2 Å². The van der Waals surface area contributed by atoms with Crippen LogP contribution in [-0.2, 0) is 17.5 Å². The number of anilines is 1. The van der Waals surface area contributed by atoms with Crippen molar-refractivity contribution >= 4 is 22.6 Å². The summed E-state index contributed by atoms with van der Waals surface area (Å²) in [6, 6.07) is 19.7. The van der Waals surface area contributed by atoms with E-state index in [0.717, 1.165) is 54.5 Å². The first kappa shape index (κ1) is 27.3. The second-order valence-electron chi connectivity index (χ2n) is 10.7. The number of fused-ring (bicyclic) bond motifs is 1. The zero-order chi connectivity index (χ0) is 28.6. The van der Waals surface area contributed by atoms with Crippen LogP contribution in [-0.4, -0.2) is 64.5 Å². The third kappa shape index (κ3) is 5.79.